The molecule has 112 valence electrons. The van der Waals surface area contributed by atoms with Crippen LogP contribution in [0.3, 0.4) is 0 Å². The fraction of sp³-hybridized carbons (Fsp3) is 0.714. The molecule has 6 heteroatoms. The van der Waals surface area contributed by atoms with Crippen LogP contribution in [0.1, 0.15) is 35.3 Å². The minimum atomic E-state index is -0.0761. The summed E-state index contributed by atoms with van der Waals surface area (Å²) in [6, 6.07) is 0. The van der Waals surface area contributed by atoms with E-state index in [1.807, 2.05) is 5.38 Å². The summed E-state index contributed by atoms with van der Waals surface area (Å²) in [5, 5.41) is 5.80. The van der Waals surface area contributed by atoms with Crippen molar-refractivity contribution in [2.75, 3.05) is 33.3 Å². The summed E-state index contributed by atoms with van der Waals surface area (Å²) in [5.74, 6) is -0.0761. The number of carbonyl (C=O) groups is 1. The van der Waals surface area contributed by atoms with Gasteiger partial charge in [0.05, 0.1) is 17.7 Å². The number of nitrogens with zero attached hydrogens (tertiary/aromatic N) is 2. The molecule has 0 bridgehead atoms. The van der Waals surface area contributed by atoms with Crippen molar-refractivity contribution in [1.82, 2.24) is 15.2 Å². The molecule has 20 heavy (non-hydrogen) atoms. The quantitative estimate of drug-likeness (QED) is 0.865. The normalized spacial score (nSPS) is 20.0. The Morgan fingerprint density at radius 2 is 2.50 bits per heavy atom. The van der Waals surface area contributed by atoms with Crippen molar-refractivity contribution in [3.8, 4) is 0 Å². The number of carbonyl (C=O) groups excluding carboxylic acids is 1. The number of rotatable bonds is 6. The molecule has 1 amide bonds. The zero-order valence-corrected chi connectivity index (χ0v) is 13.0. The third kappa shape index (κ3) is 4.54. The standard InChI is InChI=1S/C14H23N3O2S/c1-3-4-13-16-12(10-20-13)14(18)15-6-5-11-9-17(2)7-8-19-11/h10-11H,3-9H2,1-2H3,(H,15,18)/t11-/m0/s1. The number of nitrogens with one attached hydrogen (secondary N) is 1. The summed E-state index contributed by atoms with van der Waals surface area (Å²) < 4.78 is 5.67. The molecule has 2 heterocycles. The lowest BCUT2D eigenvalue weighted by Crippen LogP contribution is -2.41. The number of likely N-dealkylation sites (N-methyl/N-ethyl adjacent to an activating group) is 1. The number of aryl methyl sites for hydroxylation is 1. The molecule has 1 aromatic rings. The number of ether oxygens (including phenoxy) is 1. The average molecular weight is 297 g/mol. The molecule has 1 aliphatic rings. The van der Waals surface area contributed by atoms with Gasteiger partial charge in [-0.3, -0.25) is 4.79 Å². The summed E-state index contributed by atoms with van der Waals surface area (Å²) in [6.07, 6.45) is 3.07. The SMILES string of the molecule is CCCc1nc(C(=O)NCC[C@H]2CN(C)CCO2)cs1. The molecule has 0 saturated carbocycles. The van der Waals surface area contributed by atoms with E-state index in [0.29, 0.717) is 12.2 Å². The smallest absolute Gasteiger partial charge is 0.270 e. The number of hydrogen-bond donors (Lipinski definition) is 1. The fourth-order valence-electron chi connectivity index (χ4n) is 2.22. The van der Waals surface area contributed by atoms with Crippen LogP contribution in [0.25, 0.3) is 0 Å². The maximum atomic E-state index is 12.0. The van der Waals surface area contributed by atoms with E-state index in [1.165, 1.54) is 0 Å². The molecular weight excluding hydrogens is 274 g/mol. The Kier molecular flexibility index (Phi) is 5.94. The third-order valence-corrected chi connectivity index (χ3v) is 4.25. The van der Waals surface area contributed by atoms with Crippen molar-refractivity contribution in [2.24, 2.45) is 0 Å². The van der Waals surface area contributed by atoms with Gasteiger partial charge in [0.25, 0.3) is 5.91 Å². The highest BCUT2D eigenvalue weighted by Crippen LogP contribution is 2.12. The van der Waals surface area contributed by atoms with Crippen LogP contribution in [0.2, 0.25) is 0 Å². The summed E-state index contributed by atoms with van der Waals surface area (Å²) in [6.45, 7) is 5.46. The number of thiazole rings is 1. The molecule has 1 fully saturated rings. The Balaban J connectivity index is 1.71. The Hall–Kier alpha value is -0.980. The number of morpholine rings is 1. The topological polar surface area (TPSA) is 54.5 Å². The van der Waals surface area contributed by atoms with Gasteiger partial charge in [0.2, 0.25) is 0 Å². The Morgan fingerprint density at radius 3 is 3.25 bits per heavy atom. The lowest BCUT2D eigenvalue weighted by Gasteiger charge is -2.30. The van der Waals surface area contributed by atoms with Gasteiger partial charge in [0, 0.05) is 25.0 Å². The van der Waals surface area contributed by atoms with Gasteiger partial charge in [-0.1, -0.05) is 6.92 Å². The Labute approximate surface area is 124 Å². The van der Waals surface area contributed by atoms with E-state index in [0.717, 1.165) is 44.0 Å². The molecule has 5 nitrogen and oxygen atoms in total. The molecule has 1 atom stereocenters. The van der Waals surface area contributed by atoms with Crippen LogP contribution < -0.4 is 5.32 Å². The van der Waals surface area contributed by atoms with Gasteiger partial charge in [-0.25, -0.2) is 4.98 Å². The summed E-state index contributed by atoms with van der Waals surface area (Å²) in [4.78, 5) is 18.6. The molecule has 1 saturated heterocycles. The largest absolute Gasteiger partial charge is 0.375 e. The highest BCUT2D eigenvalue weighted by atomic mass is 32.1. The molecule has 0 radical (unpaired) electrons. The predicted octanol–water partition coefficient (Wildman–Crippen LogP) is 1.55. The van der Waals surface area contributed by atoms with Crippen molar-refractivity contribution in [2.45, 2.75) is 32.3 Å². The molecule has 1 aromatic heterocycles. The highest BCUT2D eigenvalue weighted by molar-refractivity contribution is 7.09. The molecule has 2 rings (SSSR count). The average Bonchev–Trinajstić information content (AvgIpc) is 2.88. The third-order valence-electron chi connectivity index (χ3n) is 3.34. The summed E-state index contributed by atoms with van der Waals surface area (Å²) in [5.41, 5.74) is 0.542. The fourth-order valence-corrected chi connectivity index (χ4v) is 3.10. The maximum absolute atomic E-state index is 12.0. The monoisotopic (exact) mass is 297 g/mol. The number of hydrogen-bond acceptors (Lipinski definition) is 5. The van der Waals surface area contributed by atoms with Crippen molar-refractivity contribution >= 4 is 17.2 Å². The Bertz CT molecular complexity index is 436. The molecule has 0 spiro atoms. The van der Waals surface area contributed by atoms with Gasteiger partial charge in [-0.2, -0.15) is 0 Å². The number of amides is 1. The Morgan fingerprint density at radius 1 is 1.65 bits per heavy atom. The van der Waals surface area contributed by atoms with E-state index < -0.39 is 0 Å². The molecule has 0 aliphatic carbocycles. The van der Waals surface area contributed by atoms with Gasteiger partial charge in [0.15, 0.2) is 0 Å². The van der Waals surface area contributed by atoms with E-state index in [9.17, 15) is 4.79 Å². The lowest BCUT2D eigenvalue weighted by atomic mass is 10.2. The zero-order chi connectivity index (χ0) is 14.4. The second-order valence-electron chi connectivity index (χ2n) is 5.18. The van der Waals surface area contributed by atoms with Gasteiger partial charge >= 0.3 is 0 Å². The molecule has 0 aromatic carbocycles. The van der Waals surface area contributed by atoms with Crippen LogP contribution in [0, 0.1) is 0 Å². The first-order chi connectivity index (χ1) is 9.69. The minimum absolute atomic E-state index is 0.0761. The van der Waals surface area contributed by atoms with E-state index in [1.54, 1.807) is 11.3 Å². The van der Waals surface area contributed by atoms with E-state index in [-0.39, 0.29) is 12.0 Å². The van der Waals surface area contributed by atoms with E-state index in [4.69, 9.17) is 4.74 Å². The predicted molar refractivity (Wildman–Crippen MR) is 80.3 cm³/mol. The molecule has 1 N–H and O–H groups in total. The first kappa shape index (κ1) is 15.4. The van der Waals surface area contributed by atoms with Crippen molar-refractivity contribution < 1.29 is 9.53 Å². The molecule has 1 aliphatic heterocycles. The van der Waals surface area contributed by atoms with Crippen LogP contribution in [-0.4, -0.2) is 55.2 Å². The van der Waals surface area contributed by atoms with Crippen LogP contribution in [0.15, 0.2) is 5.38 Å². The van der Waals surface area contributed by atoms with E-state index in [2.05, 4.69) is 29.2 Å². The minimum Gasteiger partial charge on any atom is -0.375 e. The van der Waals surface area contributed by atoms with Crippen molar-refractivity contribution in [1.29, 1.82) is 0 Å². The molecule has 0 unspecified atom stereocenters. The first-order valence-corrected chi connectivity index (χ1v) is 8.09. The zero-order valence-electron chi connectivity index (χ0n) is 12.2. The van der Waals surface area contributed by atoms with Gasteiger partial charge in [0.1, 0.15) is 5.69 Å². The van der Waals surface area contributed by atoms with Gasteiger partial charge < -0.3 is 15.0 Å². The molecular formula is C14H23N3O2S. The van der Waals surface area contributed by atoms with Crippen LogP contribution in [0.4, 0.5) is 0 Å². The van der Waals surface area contributed by atoms with Gasteiger partial charge in [-0.15, -0.1) is 11.3 Å². The summed E-state index contributed by atoms with van der Waals surface area (Å²) >= 11 is 1.56. The van der Waals surface area contributed by atoms with Crippen molar-refractivity contribution in [3.63, 3.8) is 0 Å². The van der Waals surface area contributed by atoms with E-state index >= 15 is 0 Å². The highest BCUT2D eigenvalue weighted by Gasteiger charge is 2.18. The lowest BCUT2D eigenvalue weighted by molar-refractivity contribution is -0.0226. The van der Waals surface area contributed by atoms with Crippen LogP contribution in [-0.2, 0) is 11.2 Å². The summed E-state index contributed by atoms with van der Waals surface area (Å²) in [7, 11) is 2.10. The number of aromatic nitrogens is 1. The van der Waals surface area contributed by atoms with Crippen LogP contribution in [0.5, 0.6) is 0 Å². The second kappa shape index (κ2) is 7.71. The second-order valence-corrected chi connectivity index (χ2v) is 6.12. The van der Waals surface area contributed by atoms with Crippen molar-refractivity contribution in [3.05, 3.63) is 16.1 Å². The van der Waals surface area contributed by atoms with Gasteiger partial charge in [-0.05, 0) is 26.3 Å². The maximum Gasteiger partial charge on any atom is 0.270 e. The van der Waals surface area contributed by atoms with Crippen LogP contribution >= 0.6 is 11.3 Å². The first-order valence-electron chi connectivity index (χ1n) is 7.21.